The molecule has 27 heavy (non-hydrogen) atoms. The number of nitrogens with zero attached hydrogens (tertiary/aromatic N) is 3. The lowest BCUT2D eigenvalue weighted by Crippen LogP contribution is -2.20. The average Bonchev–Trinajstić information content (AvgIpc) is 2.96. The lowest BCUT2D eigenvalue weighted by atomic mass is 10.2. The van der Waals surface area contributed by atoms with Gasteiger partial charge in [0.2, 0.25) is 0 Å². The number of hydrogen-bond donors (Lipinski definition) is 2. The van der Waals surface area contributed by atoms with Crippen LogP contribution in [0.1, 0.15) is 21.6 Å². The molecular formula is C18H15N5O4. The number of aryl methyl sites for hydroxylation is 1. The molecule has 0 aliphatic heterocycles. The average molecular weight is 365 g/mol. The van der Waals surface area contributed by atoms with Crippen molar-refractivity contribution in [2.75, 3.05) is 0 Å². The van der Waals surface area contributed by atoms with Crippen LogP contribution in [0, 0.1) is 17.0 Å². The highest BCUT2D eigenvalue weighted by molar-refractivity contribution is 5.98. The minimum Gasteiger partial charge on any atom is -0.295 e. The lowest BCUT2D eigenvalue weighted by Gasteiger charge is -2.00. The zero-order valence-electron chi connectivity index (χ0n) is 14.2. The summed E-state index contributed by atoms with van der Waals surface area (Å²) in [4.78, 5) is 35.0. The Morgan fingerprint density at radius 1 is 1.19 bits per heavy atom. The van der Waals surface area contributed by atoms with E-state index in [4.69, 9.17) is 0 Å². The number of rotatable bonds is 5. The normalized spacial score (nSPS) is 10.9. The monoisotopic (exact) mass is 365 g/mol. The molecule has 0 unspecified atom stereocenters. The molecule has 0 atom stereocenters. The van der Waals surface area contributed by atoms with Gasteiger partial charge in [-0.15, -0.1) is 0 Å². The van der Waals surface area contributed by atoms with E-state index in [1.54, 1.807) is 31.2 Å². The molecule has 0 saturated carbocycles. The first-order valence-electron chi connectivity index (χ1n) is 7.93. The Labute approximate surface area is 153 Å². The number of carbonyl (C=O) groups excluding carboxylic acids is 1. The summed E-state index contributed by atoms with van der Waals surface area (Å²) in [6.07, 6.45) is 1.21. The Hall–Kier alpha value is -4.01. The number of hydrogen-bond acceptors (Lipinski definition) is 5. The smallest absolute Gasteiger partial charge is 0.282 e. The second kappa shape index (κ2) is 7.48. The van der Waals surface area contributed by atoms with Crippen LogP contribution in [0.3, 0.4) is 0 Å². The molecule has 0 aliphatic carbocycles. The molecule has 0 aliphatic rings. The van der Waals surface area contributed by atoms with Crippen LogP contribution in [0.15, 0.2) is 64.5 Å². The van der Waals surface area contributed by atoms with Crippen molar-refractivity contribution in [3.63, 3.8) is 0 Å². The zero-order chi connectivity index (χ0) is 19.4. The summed E-state index contributed by atoms with van der Waals surface area (Å²) >= 11 is 0. The molecule has 0 radical (unpaired) electrons. The van der Waals surface area contributed by atoms with E-state index in [2.05, 4.69) is 15.6 Å². The number of benzene rings is 2. The third kappa shape index (κ3) is 3.66. The summed E-state index contributed by atoms with van der Waals surface area (Å²) in [7, 11) is 0. The molecule has 0 spiro atoms. The van der Waals surface area contributed by atoms with Crippen molar-refractivity contribution < 1.29 is 9.72 Å². The third-order valence-electron chi connectivity index (χ3n) is 3.84. The van der Waals surface area contributed by atoms with E-state index in [-0.39, 0.29) is 22.4 Å². The van der Waals surface area contributed by atoms with Crippen molar-refractivity contribution in [1.29, 1.82) is 0 Å². The largest absolute Gasteiger partial charge is 0.295 e. The highest BCUT2D eigenvalue weighted by Gasteiger charge is 2.18. The van der Waals surface area contributed by atoms with Gasteiger partial charge in [0.15, 0.2) is 0 Å². The quantitative estimate of drug-likeness (QED) is 0.408. The van der Waals surface area contributed by atoms with Crippen LogP contribution in [0.2, 0.25) is 0 Å². The van der Waals surface area contributed by atoms with E-state index in [1.807, 2.05) is 6.07 Å². The summed E-state index contributed by atoms with van der Waals surface area (Å²) in [5, 5.41) is 17.7. The SMILES string of the molecule is Cc1[nH]n(-c2ccccc2)c(=O)c1C=NNC(=O)c1ccccc1[N+](=O)[O-]. The lowest BCUT2D eigenvalue weighted by molar-refractivity contribution is -0.385. The van der Waals surface area contributed by atoms with Gasteiger partial charge in [0.1, 0.15) is 5.56 Å². The fourth-order valence-corrected chi connectivity index (χ4v) is 2.51. The first-order valence-corrected chi connectivity index (χ1v) is 7.93. The Morgan fingerprint density at radius 2 is 1.85 bits per heavy atom. The van der Waals surface area contributed by atoms with Crippen LogP contribution >= 0.6 is 0 Å². The number of amides is 1. The predicted molar refractivity (Wildman–Crippen MR) is 99.3 cm³/mol. The van der Waals surface area contributed by atoms with E-state index >= 15 is 0 Å². The van der Waals surface area contributed by atoms with Crippen molar-refractivity contribution in [3.8, 4) is 5.69 Å². The standard InChI is InChI=1S/C18H15N5O4/c1-12-15(18(25)22(21-12)13-7-3-2-4-8-13)11-19-20-17(24)14-9-5-6-10-16(14)23(26)27/h2-11,21H,1H3,(H,20,24). The molecule has 0 bridgehead atoms. The Kier molecular flexibility index (Phi) is 4.93. The third-order valence-corrected chi connectivity index (χ3v) is 3.84. The van der Waals surface area contributed by atoms with Crippen molar-refractivity contribution in [2.24, 2.45) is 5.10 Å². The van der Waals surface area contributed by atoms with E-state index < -0.39 is 10.8 Å². The summed E-state index contributed by atoms with van der Waals surface area (Å²) in [5.41, 5.74) is 2.93. The molecule has 0 fully saturated rings. The van der Waals surface area contributed by atoms with Gasteiger partial charge in [-0.2, -0.15) is 5.10 Å². The maximum atomic E-state index is 12.5. The molecule has 3 rings (SSSR count). The second-order valence-corrected chi connectivity index (χ2v) is 5.60. The number of nitro benzene ring substituents is 1. The molecule has 1 amide bonds. The summed E-state index contributed by atoms with van der Waals surface area (Å²) in [6, 6.07) is 14.5. The fourth-order valence-electron chi connectivity index (χ4n) is 2.51. The van der Waals surface area contributed by atoms with Crippen LogP contribution in [0.4, 0.5) is 5.69 Å². The second-order valence-electron chi connectivity index (χ2n) is 5.60. The number of nitrogens with one attached hydrogen (secondary N) is 2. The number of aromatic nitrogens is 2. The summed E-state index contributed by atoms with van der Waals surface area (Å²) < 4.78 is 1.36. The van der Waals surface area contributed by atoms with Crippen molar-refractivity contribution in [1.82, 2.24) is 15.2 Å². The van der Waals surface area contributed by atoms with Crippen LogP contribution < -0.4 is 11.0 Å². The maximum absolute atomic E-state index is 12.5. The van der Waals surface area contributed by atoms with Crippen LogP contribution in [0.25, 0.3) is 5.69 Å². The van der Waals surface area contributed by atoms with Crippen LogP contribution in [0.5, 0.6) is 0 Å². The molecule has 3 aromatic rings. The van der Waals surface area contributed by atoms with Crippen LogP contribution in [-0.4, -0.2) is 26.8 Å². The van der Waals surface area contributed by atoms with Gasteiger partial charge in [-0.25, -0.2) is 10.1 Å². The Balaban J connectivity index is 1.82. The Bertz CT molecular complexity index is 1080. The maximum Gasteiger partial charge on any atom is 0.282 e. The number of hydrazone groups is 1. The van der Waals surface area contributed by atoms with Crippen molar-refractivity contribution in [3.05, 3.63) is 91.9 Å². The number of nitro groups is 1. The topological polar surface area (TPSA) is 122 Å². The summed E-state index contributed by atoms with van der Waals surface area (Å²) in [6.45, 7) is 1.70. The van der Waals surface area contributed by atoms with E-state index in [9.17, 15) is 19.7 Å². The van der Waals surface area contributed by atoms with Gasteiger partial charge >= 0.3 is 0 Å². The van der Waals surface area contributed by atoms with Crippen molar-refractivity contribution >= 4 is 17.8 Å². The van der Waals surface area contributed by atoms with E-state index in [0.29, 0.717) is 11.4 Å². The fraction of sp³-hybridized carbons (Fsp3) is 0.0556. The van der Waals surface area contributed by atoms with Gasteiger partial charge in [-0.3, -0.25) is 24.8 Å². The first-order chi connectivity index (χ1) is 13.0. The number of aromatic amines is 1. The van der Waals surface area contributed by atoms with Crippen molar-refractivity contribution in [2.45, 2.75) is 6.92 Å². The van der Waals surface area contributed by atoms with Gasteiger partial charge < -0.3 is 0 Å². The number of carbonyl (C=O) groups is 1. The number of para-hydroxylation sites is 2. The molecule has 1 aromatic heterocycles. The van der Waals surface area contributed by atoms with E-state index in [0.717, 1.165) is 0 Å². The van der Waals surface area contributed by atoms with Gasteiger partial charge in [0.05, 0.1) is 22.4 Å². The highest BCUT2D eigenvalue weighted by atomic mass is 16.6. The molecule has 9 nitrogen and oxygen atoms in total. The minimum absolute atomic E-state index is 0.118. The Morgan fingerprint density at radius 3 is 2.56 bits per heavy atom. The molecule has 9 heteroatoms. The molecule has 2 N–H and O–H groups in total. The van der Waals surface area contributed by atoms with Gasteiger partial charge in [0, 0.05) is 11.8 Å². The van der Waals surface area contributed by atoms with Gasteiger partial charge in [-0.1, -0.05) is 30.3 Å². The summed E-state index contributed by atoms with van der Waals surface area (Å²) in [5.74, 6) is -0.741. The molecule has 2 aromatic carbocycles. The molecule has 1 heterocycles. The molecule has 0 saturated heterocycles. The number of H-pyrrole nitrogens is 1. The molecule has 136 valence electrons. The van der Waals surface area contributed by atoms with E-state index in [1.165, 1.54) is 35.2 Å². The highest BCUT2D eigenvalue weighted by Crippen LogP contribution is 2.17. The molecular weight excluding hydrogens is 350 g/mol. The minimum atomic E-state index is -0.741. The predicted octanol–water partition coefficient (Wildman–Crippen LogP) is 2.15. The van der Waals surface area contributed by atoms with Gasteiger partial charge in [-0.05, 0) is 25.1 Å². The van der Waals surface area contributed by atoms with Crippen LogP contribution in [-0.2, 0) is 0 Å². The van der Waals surface area contributed by atoms with Gasteiger partial charge in [0.25, 0.3) is 17.2 Å². The zero-order valence-corrected chi connectivity index (χ0v) is 14.2. The first kappa shape index (κ1) is 17.8.